The average Bonchev–Trinajstić information content (AvgIpc) is 3.09. The Kier molecular flexibility index (Phi) is 3.42. The number of halogens is 1. The van der Waals surface area contributed by atoms with Crippen molar-refractivity contribution in [2.24, 2.45) is 0 Å². The number of nitrogens with zero attached hydrogens (tertiary/aromatic N) is 2. The molecule has 102 valence electrons. The predicted molar refractivity (Wildman–Crippen MR) is 82.1 cm³/mol. The van der Waals surface area contributed by atoms with Gasteiger partial charge in [-0.05, 0) is 49.1 Å². The summed E-state index contributed by atoms with van der Waals surface area (Å²) in [5, 5.41) is 10.1. The number of aryl methyl sites for hydroxylation is 1. The highest BCUT2D eigenvalue weighted by molar-refractivity contribution is 6.31. The van der Waals surface area contributed by atoms with Crippen LogP contribution >= 0.6 is 11.6 Å². The summed E-state index contributed by atoms with van der Waals surface area (Å²) in [5.74, 6) is 0.951. The molecule has 3 rings (SSSR count). The fourth-order valence-corrected chi connectivity index (χ4v) is 2.80. The largest absolute Gasteiger partial charge is 0.357 e. The Balaban J connectivity index is 2.02. The number of benzene rings is 1. The molecule has 1 saturated heterocycles. The summed E-state index contributed by atoms with van der Waals surface area (Å²) in [6.45, 7) is 4.03. The van der Waals surface area contributed by atoms with Crippen LogP contribution in [0.2, 0.25) is 5.02 Å². The third-order valence-corrected chi connectivity index (χ3v) is 4.23. The van der Waals surface area contributed by atoms with Gasteiger partial charge in [0.25, 0.3) is 0 Å². The number of anilines is 1. The second-order valence-corrected chi connectivity index (χ2v) is 5.62. The van der Waals surface area contributed by atoms with Crippen LogP contribution in [0.5, 0.6) is 0 Å². The van der Waals surface area contributed by atoms with Crippen LogP contribution in [0.1, 0.15) is 24.0 Å². The van der Waals surface area contributed by atoms with Crippen LogP contribution in [0.4, 0.5) is 5.82 Å². The summed E-state index contributed by atoms with van der Waals surface area (Å²) in [6.07, 6.45) is 2.39. The highest BCUT2D eigenvalue weighted by atomic mass is 35.5. The SMILES string of the molecule is Cc1cc(-c2cc(C#N)c(N3CCCC3)[nH]2)ccc1Cl. The fraction of sp³-hybridized carbons (Fsp3) is 0.312. The maximum atomic E-state index is 9.32. The van der Waals surface area contributed by atoms with Crippen molar-refractivity contribution in [3.05, 3.63) is 40.4 Å². The van der Waals surface area contributed by atoms with Gasteiger partial charge in [-0.15, -0.1) is 0 Å². The Labute approximate surface area is 123 Å². The molecule has 1 aromatic heterocycles. The lowest BCUT2D eigenvalue weighted by molar-refractivity contribution is 0.944. The molecule has 20 heavy (non-hydrogen) atoms. The van der Waals surface area contributed by atoms with Gasteiger partial charge >= 0.3 is 0 Å². The minimum atomic E-state index is 0.717. The number of hydrogen-bond acceptors (Lipinski definition) is 2. The van der Waals surface area contributed by atoms with E-state index in [-0.39, 0.29) is 0 Å². The number of H-pyrrole nitrogens is 1. The molecule has 0 unspecified atom stereocenters. The van der Waals surface area contributed by atoms with Crippen LogP contribution in [0.25, 0.3) is 11.3 Å². The highest BCUT2D eigenvalue weighted by Gasteiger charge is 2.19. The quantitative estimate of drug-likeness (QED) is 0.902. The van der Waals surface area contributed by atoms with E-state index in [1.54, 1.807) is 0 Å². The molecule has 0 spiro atoms. The van der Waals surface area contributed by atoms with Crippen molar-refractivity contribution in [3.8, 4) is 17.3 Å². The third kappa shape index (κ3) is 2.28. The standard InChI is InChI=1S/C16H16ClN3/c1-11-8-12(4-5-14(11)17)15-9-13(10-18)16(19-15)20-6-2-3-7-20/h4-5,8-9,19H,2-3,6-7H2,1H3. The number of rotatable bonds is 2. The molecule has 0 bridgehead atoms. The van der Waals surface area contributed by atoms with Gasteiger partial charge in [0.2, 0.25) is 0 Å². The third-order valence-electron chi connectivity index (χ3n) is 3.81. The first kappa shape index (κ1) is 13.1. The Morgan fingerprint density at radius 3 is 2.65 bits per heavy atom. The number of nitriles is 1. The number of nitrogens with one attached hydrogen (secondary N) is 1. The molecule has 1 aliphatic rings. The minimum Gasteiger partial charge on any atom is -0.357 e. The molecule has 4 heteroatoms. The van der Waals surface area contributed by atoms with E-state index in [9.17, 15) is 5.26 Å². The lowest BCUT2D eigenvalue weighted by Crippen LogP contribution is -2.18. The summed E-state index contributed by atoms with van der Waals surface area (Å²) in [6, 6.07) is 10.1. The van der Waals surface area contributed by atoms with E-state index in [1.807, 2.05) is 31.2 Å². The van der Waals surface area contributed by atoms with Crippen molar-refractivity contribution < 1.29 is 0 Å². The van der Waals surface area contributed by atoms with Crippen molar-refractivity contribution in [1.82, 2.24) is 4.98 Å². The number of hydrogen-bond donors (Lipinski definition) is 1. The molecule has 2 aromatic rings. The monoisotopic (exact) mass is 285 g/mol. The van der Waals surface area contributed by atoms with Gasteiger partial charge in [-0.25, -0.2) is 0 Å². The molecular weight excluding hydrogens is 270 g/mol. The van der Waals surface area contributed by atoms with Crippen LogP contribution in [0.3, 0.4) is 0 Å². The van der Waals surface area contributed by atoms with E-state index in [0.29, 0.717) is 0 Å². The smallest absolute Gasteiger partial charge is 0.124 e. The summed E-state index contributed by atoms with van der Waals surface area (Å²) >= 11 is 6.06. The van der Waals surface area contributed by atoms with E-state index in [4.69, 9.17) is 11.6 Å². The maximum absolute atomic E-state index is 9.32. The number of aromatic nitrogens is 1. The molecule has 0 aliphatic carbocycles. The fourth-order valence-electron chi connectivity index (χ4n) is 2.69. The summed E-state index contributed by atoms with van der Waals surface area (Å²) < 4.78 is 0. The van der Waals surface area contributed by atoms with Gasteiger partial charge in [0.15, 0.2) is 0 Å². The summed E-state index contributed by atoms with van der Waals surface area (Å²) in [4.78, 5) is 5.65. The van der Waals surface area contributed by atoms with Crippen molar-refractivity contribution in [1.29, 1.82) is 5.26 Å². The Hall–Kier alpha value is -1.92. The summed E-state index contributed by atoms with van der Waals surface area (Å²) in [7, 11) is 0. The van der Waals surface area contributed by atoms with Gasteiger partial charge in [0.05, 0.1) is 5.56 Å². The lowest BCUT2D eigenvalue weighted by Gasteiger charge is -2.15. The zero-order valence-electron chi connectivity index (χ0n) is 11.4. The van der Waals surface area contributed by atoms with Gasteiger partial charge in [-0.1, -0.05) is 17.7 Å². The highest BCUT2D eigenvalue weighted by Crippen LogP contribution is 2.30. The molecule has 1 fully saturated rings. The maximum Gasteiger partial charge on any atom is 0.124 e. The molecule has 0 amide bonds. The lowest BCUT2D eigenvalue weighted by atomic mass is 10.1. The molecule has 0 atom stereocenters. The topological polar surface area (TPSA) is 42.8 Å². The molecule has 1 aromatic carbocycles. The van der Waals surface area contributed by atoms with Crippen molar-refractivity contribution in [2.75, 3.05) is 18.0 Å². The molecule has 0 radical (unpaired) electrons. The van der Waals surface area contributed by atoms with Gasteiger partial charge in [-0.3, -0.25) is 0 Å². The molecule has 1 aliphatic heterocycles. The van der Waals surface area contributed by atoms with Crippen LogP contribution in [0.15, 0.2) is 24.3 Å². The van der Waals surface area contributed by atoms with Crippen molar-refractivity contribution in [2.45, 2.75) is 19.8 Å². The predicted octanol–water partition coefficient (Wildman–Crippen LogP) is 4.12. The van der Waals surface area contributed by atoms with Gasteiger partial charge < -0.3 is 9.88 Å². The van der Waals surface area contributed by atoms with E-state index in [2.05, 4.69) is 16.0 Å². The van der Waals surface area contributed by atoms with E-state index < -0.39 is 0 Å². The Bertz CT molecular complexity index is 676. The molecule has 2 heterocycles. The Morgan fingerprint density at radius 1 is 1.25 bits per heavy atom. The van der Waals surface area contributed by atoms with Crippen molar-refractivity contribution in [3.63, 3.8) is 0 Å². The van der Waals surface area contributed by atoms with Crippen LogP contribution in [-0.2, 0) is 0 Å². The van der Waals surface area contributed by atoms with Gasteiger partial charge in [0, 0.05) is 23.8 Å². The average molecular weight is 286 g/mol. The van der Waals surface area contributed by atoms with E-state index in [1.165, 1.54) is 12.8 Å². The Morgan fingerprint density at radius 2 is 2.00 bits per heavy atom. The second kappa shape index (κ2) is 5.22. The van der Waals surface area contributed by atoms with E-state index in [0.717, 1.165) is 46.3 Å². The minimum absolute atomic E-state index is 0.717. The van der Waals surface area contributed by atoms with Gasteiger partial charge in [0.1, 0.15) is 11.9 Å². The number of aromatic amines is 1. The van der Waals surface area contributed by atoms with E-state index >= 15 is 0 Å². The van der Waals surface area contributed by atoms with Gasteiger partial charge in [-0.2, -0.15) is 5.26 Å². The van der Waals surface area contributed by atoms with Crippen LogP contribution in [0, 0.1) is 18.3 Å². The van der Waals surface area contributed by atoms with Crippen LogP contribution < -0.4 is 4.90 Å². The van der Waals surface area contributed by atoms with Crippen LogP contribution in [-0.4, -0.2) is 18.1 Å². The molecule has 0 saturated carbocycles. The first-order valence-electron chi connectivity index (χ1n) is 6.83. The molecule has 3 nitrogen and oxygen atoms in total. The molecule has 1 N–H and O–H groups in total. The zero-order chi connectivity index (χ0) is 14.1. The normalized spacial score (nSPS) is 14.6. The van der Waals surface area contributed by atoms with Crippen molar-refractivity contribution >= 4 is 17.4 Å². The second-order valence-electron chi connectivity index (χ2n) is 5.22. The molecular formula is C16H16ClN3. The first-order chi connectivity index (χ1) is 9.69. The summed E-state index contributed by atoms with van der Waals surface area (Å²) in [5.41, 5.74) is 3.80. The first-order valence-corrected chi connectivity index (χ1v) is 7.21. The zero-order valence-corrected chi connectivity index (χ0v) is 12.2.